The molecule has 1 aliphatic heterocycles. The molecule has 0 saturated heterocycles. The molecule has 2 aromatic carbocycles. The van der Waals surface area contributed by atoms with Crippen molar-refractivity contribution in [1.29, 1.82) is 5.26 Å². The Hall–Kier alpha value is -3.82. The van der Waals surface area contributed by atoms with Gasteiger partial charge in [-0.1, -0.05) is 67.1 Å². The zero-order chi connectivity index (χ0) is 25.2. The summed E-state index contributed by atoms with van der Waals surface area (Å²) in [6.07, 6.45) is 4.24. The monoisotopic (exact) mass is 490 g/mol. The summed E-state index contributed by atoms with van der Waals surface area (Å²) in [5.74, 6) is -1.86. The number of hydrogen-bond donors (Lipinski definition) is 1. The van der Waals surface area contributed by atoms with Gasteiger partial charge in [-0.25, -0.2) is 9.59 Å². The molecular weight excluding hydrogens is 464 g/mol. The van der Waals surface area contributed by atoms with E-state index in [1.807, 2.05) is 55.5 Å². The Morgan fingerprint density at radius 2 is 1.83 bits per heavy atom. The minimum Gasteiger partial charge on any atom is -0.461 e. The van der Waals surface area contributed by atoms with E-state index in [0.29, 0.717) is 34.0 Å². The van der Waals surface area contributed by atoms with Crippen LogP contribution in [0.3, 0.4) is 0 Å². The van der Waals surface area contributed by atoms with Crippen LogP contribution in [0.15, 0.2) is 83.2 Å². The molecule has 1 aliphatic rings. The van der Waals surface area contributed by atoms with Crippen molar-refractivity contribution in [3.05, 3.63) is 99.4 Å². The molecule has 35 heavy (non-hydrogen) atoms. The lowest BCUT2D eigenvalue weighted by atomic mass is 9.80. The summed E-state index contributed by atoms with van der Waals surface area (Å²) in [4.78, 5) is 26.5. The molecule has 2 aromatic rings. The number of carbonyl (C=O) groups excluding carboxylic acids is 2. The fourth-order valence-electron chi connectivity index (χ4n) is 3.92. The van der Waals surface area contributed by atoms with Crippen LogP contribution in [0.4, 0.5) is 0 Å². The van der Waals surface area contributed by atoms with Gasteiger partial charge in [0.15, 0.2) is 0 Å². The van der Waals surface area contributed by atoms with Crippen molar-refractivity contribution in [2.45, 2.75) is 32.6 Å². The quantitative estimate of drug-likeness (QED) is 0.359. The van der Waals surface area contributed by atoms with Crippen LogP contribution in [0.2, 0.25) is 5.02 Å². The van der Waals surface area contributed by atoms with Crippen LogP contribution in [0.25, 0.3) is 6.08 Å². The molecule has 0 aliphatic carbocycles. The smallest absolute Gasteiger partial charge is 0.337 e. The highest BCUT2D eigenvalue weighted by Gasteiger charge is 2.38. The summed E-state index contributed by atoms with van der Waals surface area (Å²) in [5.41, 5.74) is 3.53. The molecule has 1 heterocycles. The number of ether oxygens (including phenoxy) is 2. The van der Waals surface area contributed by atoms with E-state index in [1.165, 1.54) is 0 Å². The zero-order valence-electron chi connectivity index (χ0n) is 19.7. The van der Waals surface area contributed by atoms with E-state index in [2.05, 4.69) is 5.32 Å². The summed E-state index contributed by atoms with van der Waals surface area (Å²) in [6, 6.07) is 18.7. The SMILES string of the molecule is CCC1=C(C(=O)OCC=Cc2ccccc2)C(c2cccc(Cl)c2)C(C(=O)OCCC#N)=C(C)N1. The Labute approximate surface area is 210 Å². The number of esters is 2. The normalized spacial score (nSPS) is 15.5. The third-order valence-corrected chi connectivity index (χ3v) is 5.72. The van der Waals surface area contributed by atoms with Crippen LogP contribution in [-0.2, 0) is 19.1 Å². The van der Waals surface area contributed by atoms with Crippen molar-refractivity contribution in [2.75, 3.05) is 13.2 Å². The molecule has 0 radical (unpaired) electrons. The van der Waals surface area contributed by atoms with Gasteiger partial charge in [-0.3, -0.25) is 0 Å². The van der Waals surface area contributed by atoms with Crippen molar-refractivity contribution in [1.82, 2.24) is 5.32 Å². The summed E-state index contributed by atoms with van der Waals surface area (Å²) in [7, 11) is 0. The predicted molar refractivity (Wildman–Crippen MR) is 135 cm³/mol. The molecule has 0 aromatic heterocycles. The van der Waals surface area contributed by atoms with Gasteiger partial charge in [0.25, 0.3) is 0 Å². The predicted octanol–water partition coefficient (Wildman–Crippen LogP) is 5.68. The fraction of sp³-hybridized carbons (Fsp3) is 0.250. The maximum absolute atomic E-state index is 13.4. The Kier molecular flexibility index (Phi) is 9.28. The van der Waals surface area contributed by atoms with Crippen LogP contribution >= 0.6 is 11.6 Å². The first kappa shape index (κ1) is 25.8. The van der Waals surface area contributed by atoms with Gasteiger partial charge < -0.3 is 14.8 Å². The molecule has 3 rings (SSSR count). The highest BCUT2D eigenvalue weighted by atomic mass is 35.5. The molecule has 0 spiro atoms. The third-order valence-electron chi connectivity index (χ3n) is 5.49. The Balaban J connectivity index is 1.94. The number of nitrogens with zero attached hydrogens (tertiary/aromatic N) is 1. The third kappa shape index (κ3) is 6.62. The number of hydrogen-bond acceptors (Lipinski definition) is 6. The van der Waals surface area contributed by atoms with Crippen LogP contribution in [0, 0.1) is 11.3 Å². The largest absolute Gasteiger partial charge is 0.461 e. The topological polar surface area (TPSA) is 88.4 Å². The minimum absolute atomic E-state index is 0.0389. The number of benzene rings is 2. The van der Waals surface area contributed by atoms with E-state index in [4.69, 9.17) is 26.3 Å². The van der Waals surface area contributed by atoms with Crippen LogP contribution in [-0.4, -0.2) is 25.2 Å². The molecule has 1 unspecified atom stereocenters. The summed E-state index contributed by atoms with van der Waals surface area (Å²) < 4.78 is 10.9. The molecule has 6 nitrogen and oxygen atoms in total. The van der Waals surface area contributed by atoms with Gasteiger partial charge in [0, 0.05) is 16.4 Å². The van der Waals surface area contributed by atoms with Gasteiger partial charge in [0.1, 0.15) is 13.2 Å². The summed E-state index contributed by atoms with van der Waals surface area (Å²) in [5, 5.41) is 12.5. The van der Waals surface area contributed by atoms with Crippen molar-refractivity contribution in [3.8, 4) is 6.07 Å². The molecule has 0 bridgehead atoms. The fourth-order valence-corrected chi connectivity index (χ4v) is 4.12. The average molecular weight is 491 g/mol. The Bertz CT molecular complexity index is 1210. The Morgan fingerprint density at radius 1 is 1.09 bits per heavy atom. The first-order valence-corrected chi connectivity index (χ1v) is 11.7. The van der Waals surface area contributed by atoms with Crippen molar-refractivity contribution >= 4 is 29.6 Å². The van der Waals surface area contributed by atoms with Gasteiger partial charge in [-0.2, -0.15) is 5.26 Å². The summed E-state index contributed by atoms with van der Waals surface area (Å²) in [6.45, 7) is 3.71. The van der Waals surface area contributed by atoms with Crippen molar-refractivity contribution < 1.29 is 19.1 Å². The van der Waals surface area contributed by atoms with Crippen molar-refractivity contribution in [3.63, 3.8) is 0 Å². The van der Waals surface area contributed by atoms with Crippen molar-refractivity contribution in [2.24, 2.45) is 0 Å². The molecule has 0 amide bonds. The number of halogens is 1. The number of carbonyl (C=O) groups is 2. The minimum atomic E-state index is -0.731. The van der Waals surface area contributed by atoms with Gasteiger partial charge >= 0.3 is 11.9 Å². The lowest BCUT2D eigenvalue weighted by Gasteiger charge is -2.31. The number of allylic oxidation sites excluding steroid dienone is 2. The van der Waals surface area contributed by atoms with E-state index < -0.39 is 17.9 Å². The van der Waals surface area contributed by atoms with Crippen LogP contribution < -0.4 is 5.32 Å². The second-order valence-corrected chi connectivity index (χ2v) is 8.29. The summed E-state index contributed by atoms with van der Waals surface area (Å²) >= 11 is 6.26. The maximum atomic E-state index is 13.4. The molecule has 1 N–H and O–H groups in total. The highest BCUT2D eigenvalue weighted by Crippen LogP contribution is 2.40. The molecule has 180 valence electrons. The average Bonchev–Trinajstić information content (AvgIpc) is 2.86. The second-order valence-electron chi connectivity index (χ2n) is 7.85. The Morgan fingerprint density at radius 3 is 2.51 bits per heavy atom. The number of nitrogens with one attached hydrogen (secondary N) is 1. The maximum Gasteiger partial charge on any atom is 0.337 e. The number of nitriles is 1. The molecular formula is C28H27ClN2O4. The highest BCUT2D eigenvalue weighted by molar-refractivity contribution is 6.30. The standard InChI is InChI=1S/C28H27ClN2O4/c1-3-23-26(28(33)34-16-8-12-20-10-5-4-6-11-20)25(21-13-7-14-22(29)18-21)24(19(2)31-23)27(32)35-17-9-15-30/h4-8,10-14,18,25,31H,3,9,16-17H2,1-2H3. The van der Waals surface area contributed by atoms with Gasteiger partial charge in [0.05, 0.1) is 29.6 Å². The van der Waals surface area contributed by atoms with E-state index in [1.54, 1.807) is 31.2 Å². The van der Waals surface area contributed by atoms with Crippen LogP contribution in [0.1, 0.15) is 43.7 Å². The van der Waals surface area contributed by atoms with Crippen LogP contribution in [0.5, 0.6) is 0 Å². The second kappa shape index (κ2) is 12.6. The first-order valence-electron chi connectivity index (χ1n) is 11.3. The molecule has 0 fully saturated rings. The van der Waals surface area contributed by atoms with E-state index >= 15 is 0 Å². The first-order chi connectivity index (χ1) is 17.0. The molecule has 0 saturated carbocycles. The zero-order valence-corrected chi connectivity index (χ0v) is 20.5. The number of rotatable bonds is 9. The van der Waals surface area contributed by atoms with Gasteiger partial charge in [-0.05, 0) is 42.7 Å². The number of dihydropyridines is 1. The van der Waals surface area contributed by atoms with Gasteiger partial charge in [-0.15, -0.1) is 0 Å². The lowest BCUT2D eigenvalue weighted by molar-refractivity contribution is -0.139. The lowest BCUT2D eigenvalue weighted by Crippen LogP contribution is -2.33. The van der Waals surface area contributed by atoms with Gasteiger partial charge in [0.2, 0.25) is 0 Å². The molecule has 1 atom stereocenters. The molecule has 7 heteroatoms. The van der Waals surface area contributed by atoms with E-state index in [-0.39, 0.29) is 25.2 Å². The van der Waals surface area contributed by atoms with E-state index in [9.17, 15) is 9.59 Å². The van der Waals surface area contributed by atoms with E-state index in [0.717, 1.165) is 5.56 Å².